The third-order valence-corrected chi connectivity index (χ3v) is 2.89. The maximum Gasteiger partial charge on any atom is 0.310 e. The molecule has 0 radical (unpaired) electrons. The Balaban J connectivity index is 0.00000289. The van der Waals surface area contributed by atoms with E-state index in [-0.39, 0.29) is 30.2 Å². The van der Waals surface area contributed by atoms with Gasteiger partial charge in [0.25, 0.3) is 0 Å². The van der Waals surface area contributed by atoms with Gasteiger partial charge in [-0.15, -0.1) is 12.4 Å². The van der Waals surface area contributed by atoms with Crippen LogP contribution in [0.25, 0.3) is 0 Å². The molecule has 2 unspecified atom stereocenters. The van der Waals surface area contributed by atoms with E-state index in [9.17, 15) is 9.59 Å². The van der Waals surface area contributed by atoms with Gasteiger partial charge in [0.15, 0.2) is 0 Å². The summed E-state index contributed by atoms with van der Waals surface area (Å²) >= 11 is 0. The van der Waals surface area contributed by atoms with Crippen molar-refractivity contribution >= 4 is 24.3 Å². The maximum atomic E-state index is 11.6. The van der Waals surface area contributed by atoms with Crippen LogP contribution < -0.4 is 10.6 Å². The average molecular weight is 279 g/mol. The zero-order valence-electron chi connectivity index (χ0n) is 11.0. The molecular weight excluding hydrogens is 256 g/mol. The summed E-state index contributed by atoms with van der Waals surface area (Å²) in [6, 6.07) is 0.299. The van der Waals surface area contributed by atoms with Crippen LogP contribution >= 0.6 is 12.4 Å². The summed E-state index contributed by atoms with van der Waals surface area (Å²) in [5, 5.41) is 6.03. The summed E-state index contributed by atoms with van der Waals surface area (Å²) in [6.45, 7) is 5.26. The molecule has 1 aliphatic heterocycles. The number of hydrogen-bond acceptors (Lipinski definition) is 4. The van der Waals surface area contributed by atoms with E-state index in [1.165, 1.54) is 0 Å². The molecule has 1 amide bonds. The number of hydrogen-bond donors (Lipinski definition) is 2. The topological polar surface area (TPSA) is 67.4 Å². The Morgan fingerprint density at radius 3 is 2.78 bits per heavy atom. The second-order valence-electron chi connectivity index (χ2n) is 4.45. The van der Waals surface area contributed by atoms with Gasteiger partial charge in [0, 0.05) is 19.0 Å². The van der Waals surface area contributed by atoms with Crippen molar-refractivity contribution in [2.24, 2.45) is 5.92 Å². The van der Waals surface area contributed by atoms with Crippen molar-refractivity contribution in [2.75, 3.05) is 19.7 Å². The number of ether oxygens (including phenoxy) is 1. The smallest absolute Gasteiger partial charge is 0.310 e. The molecule has 0 spiro atoms. The van der Waals surface area contributed by atoms with Crippen molar-refractivity contribution in [3.8, 4) is 0 Å². The van der Waals surface area contributed by atoms with Gasteiger partial charge in [0.1, 0.15) is 0 Å². The van der Waals surface area contributed by atoms with E-state index in [1.807, 2.05) is 0 Å². The Morgan fingerprint density at radius 1 is 1.50 bits per heavy atom. The summed E-state index contributed by atoms with van der Waals surface area (Å²) in [7, 11) is 0. The number of halogens is 1. The molecule has 1 fully saturated rings. The van der Waals surface area contributed by atoms with Gasteiger partial charge in [-0.1, -0.05) is 6.92 Å². The monoisotopic (exact) mass is 278 g/mol. The Bertz CT molecular complexity index is 268. The molecular formula is C12H23ClN2O3. The van der Waals surface area contributed by atoms with E-state index in [0.717, 1.165) is 19.4 Å². The third kappa shape index (κ3) is 6.21. The van der Waals surface area contributed by atoms with Crippen molar-refractivity contribution in [2.45, 2.75) is 39.2 Å². The van der Waals surface area contributed by atoms with Crippen LogP contribution in [0.3, 0.4) is 0 Å². The lowest BCUT2D eigenvalue weighted by Crippen LogP contribution is -2.36. The van der Waals surface area contributed by atoms with E-state index < -0.39 is 0 Å². The summed E-state index contributed by atoms with van der Waals surface area (Å²) in [5.74, 6) is -0.539. The van der Waals surface area contributed by atoms with Crippen molar-refractivity contribution in [1.29, 1.82) is 0 Å². The molecule has 0 aromatic rings. The molecule has 2 N–H and O–H groups in total. The molecule has 0 bridgehead atoms. The number of nitrogens with one attached hydrogen (secondary N) is 2. The molecule has 1 aliphatic rings. The van der Waals surface area contributed by atoms with Crippen molar-refractivity contribution in [3.05, 3.63) is 0 Å². The molecule has 1 saturated heterocycles. The van der Waals surface area contributed by atoms with E-state index in [1.54, 1.807) is 13.8 Å². The predicted octanol–water partition coefficient (Wildman–Crippen LogP) is 0.866. The lowest BCUT2D eigenvalue weighted by atomic mass is 10.1. The van der Waals surface area contributed by atoms with Crippen LogP contribution in [0.2, 0.25) is 0 Å². The predicted molar refractivity (Wildman–Crippen MR) is 71.7 cm³/mol. The minimum Gasteiger partial charge on any atom is -0.466 e. The van der Waals surface area contributed by atoms with Gasteiger partial charge in [-0.3, -0.25) is 9.59 Å². The number of esters is 1. The van der Waals surface area contributed by atoms with Crippen LogP contribution in [0, 0.1) is 5.92 Å². The molecule has 6 heteroatoms. The van der Waals surface area contributed by atoms with E-state index in [4.69, 9.17) is 4.74 Å². The fourth-order valence-corrected chi connectivity index (χ4v) is 1.86. The minimum atomic E-state index is -0.282. The van der Waals surface area contributed by atoms with Gasteiger partial charge in [0.2, 0.25) is 5.91 Å². The van der Waals surface area contributed by atoms with Crippen LogP contribution in [0.15, 0.2) is 0 Å². The SMILES string of the molecule is CCOC(=O)C(C)CNC(=O)CC1CCCN1.Cl. The summed E-state index contributed by atoms with van der Waals surface area (Å²) in [4.78, 5) is 22.9. The Labute approximate surface area is 114 Å². The highest BCUT2D eigenvalue weighted by atomic mass is 35.5. The maximum absolute atomic E-state index is 11.6. The zero-order chi connectivity index (χ0) is 12.7. The van der Waals surface area contributed by atoms with Crippen LogP contribution in [-0.2, 0) is 14.3 Å². The number of rotatable bonds is 6. The summed E-state index contributed by atoms with van der Waals surface area (Å²) < 4.78 is 4.87. The first-order valence-corrected chi connectivity index (χ1v) is 6.30. The molecule has 0 aliphatic carbocycles. The third-order valence-electron chi connectivity index (χ3n) is 2.89. The van der Waals surface area contributed by atoms with Gasteiger partial charge < -0.3 is 15.4 Å². The first-order chi connectivity index (χ1) is 8.13. The number of amides is 1. The fourth-order valence-electron chi connectivity index (χ4n) is 1.86. The molecule has 106 valence electrons. The molecule has 0 saturated carbocycles. The van der Waals surface area contributed by atoms with Crippen molar-refractivity contribution < 1.29 is 14.3 Å². The largest absolute Gasteiger partial charge is 0.466 e. The minimum absolute atomic E-state index is 0. The Kier molecular flexibility index (Phi) is 8.75. The molecule has 0 aromatic carbocycles. The van der Waals surface area contributed by atoms with Crippen LogP contribution in [0.4, 0.5) is 0 Å². The average Bonchev–Trinajstić information content (AvgIpc) is 2.79. The molecule has 5 nitrogen and oxygen atoms in total. The van der Waals surface area contributed by atoms with Crippen LogP contribution in [0.1, 0.15) is 33.1 Å². The Hall–Kier alpha value is -0.810. The molecule has 18 heavy (non-hydrogen) atoms. The lowest BCUT2D eigenvalue weighted by molar-refractivity contribution is -0.147. The quantitative estimate of drug-likeness (QED) is 0.708. The van der Waals surface area contributed by atoms with Crippen molar-refractivity contribution in [1.82, 2.24) is 10.6 Å². The van der Waals surface area contributed by atoms with E-state index in [0.29, 0.717) is 25.6 Å². The molecule has 2 atom stereocenters. The molecule has 0 aromatic heterocycles. The summed E-state index contributed by atoms with van der Waals surface area (Å²) in [6.07, 6.45) is 2.69. The Morgan fingerprint density at radius 2 is 2.22 bits per heavy atom. The highest BCUT2D eigenvalue weighted by Crippen LogP contribution is 2.08. The fraction of sp³-hybridized carbons (Fsp3) is 0.833. The lowest BCUT2D eigenvalue weighted by Gasteiger charge is -2.13. The second-order valence-corrected chi connectivity index (χ2v) is 4.45. The van der Waals surface area contributed by atoms with E-state index in [2.05, 4.69) is 10.6 Å². The number of carbonyl (C=O) groups excluding carboxylic acids is 2. The normalized spacial score (nSPS) is 19.8. The van der Waals surface area contributed by atoms with Gasteiger partial charge >= 0.3 is 5.97 Å². The summed E-state index contributed by atoms with van der Waals surface area (Å²) in [5.41, 5.74) is 0. The highest BCUT2D eigenvalue weighted by Gasteiger charge is 2.19. The van der Waals surface area contributed by atoms with E-state index >= 15 is 0 Å². The van der Waals surface area contributed by atoms with Crippen molar-refractivity contribution in [3.63, 3.8) is 0 Å². The van der Waals surface area contributed by atoms with Crippen LogP contribution in [-0.4, -0.2) is 37.6 Å². The van der Waals surface area contributed by atoms with Gasteiger partial charge in [0.05, 0.1) is 12.5 Å². The first kappa shape index (κ1) is 17.2. The van der Waals surface area contributed by atoms with Gasteiger partial charge in [-0.25, -0.2) is 0 Å². The second kappa shape index (κ2) is 9.16. The van der Waals surface area contributed by atoms with Gasteiger partial charge in [-0.2, -0.15) is 0 Å². The molecule has 1 heterocycles. The zero-order valence-corrected chi connectivity index (χ0v) is 11.8. The molecule has 1 rings (SSSR count). The van der Waals surface area contributed by atoms with Gasteiger partial charge in [-0.05, 0) is 26.3 Å². The number of carbonyl (C=O) groups is 2. The van der Waals surface area contributed by atoms with Crippen LogP contribution in [0.5, 0.6) is 0 Å². The standard InChI is InChI=1S/C12H22N2O3.ClH/c1-3-17-12(16)9(2)8-14-11(15)7-10-5-4-6-13-10;/h9-10,13H,3-8H2,1-2H3,(H,14,15);1H. The highest BCUT2D eigenvalue weighted by molar-refractivity contribution is 5.85. The first-order valence-electron chi connectivity index (χ1n) is 6.30.